The summed E-state index contributed by atoms with van der Waals surface area (Å²) in [5, 5.41) is 14.1. The van der Waals surface area contributed by atoms with Crippen LogP contribution in [0.4, 0.5) is 0 Å². The second-order valence-corrected chi connectivity index (χ2v) is 12.8. The average molecular weight is 537 g/mol. The lowest BCUT2D eigenvalue weighted by molar-refractivity contribution is -0.0893. The maximum absolute atomic E-state index is 10.5. The van der Waals surface area contributed by atoms with Crippen LogP contribution in [0.3, 0.4) is 0 Å². The van der Waals surface area contributed by atoms with Crippen LogP contribution in [0.25, 0.3) is 49.7 Å². The minimum Gasteiger partial charge on any atom is -0.427 e. The molecular weight excluding hydrogens is 503 g/mol. The van der Waals surface area contributed by atoms with Gasteiger partial charge in [0.15, 0.2) is 0 Å². The summed E-state index contributed by atoms with van der Waals surface area (Å²) in [5.74, 6) is 0.904. The number of pyridine rings is 1. The van der Waals surface area contributed by atoms with E-state index in [1.165, 1.54) is 27.6 Å². The zero-order valence-corrected chi connectivity index (χ0v) is 24.5. The van der Waals surface area contributed by atoms with Gasteiger partial charge in [0.2, 0.25) is 0 Å². The molecule has 0 fully saturated rings. The van der Waals surface area contributed by atoms with Gasteiger partial charge in [-0.25, -0.2) is 4.98 Å². The van der Waals surface area contributed by atoms with Crippen LogP contribution in [0.5, 0.6) is 0 Å². The minimum absolute atomic E-state index is 0.103. The second kappa shape index (κ2) is 8.79. The molecule has 1 N–H and O–H groups in total. The zero-order valence-electron chi connectivity index (χ0n) is 24.5. The Bertz CT molecular complexity index is 2000. The van der Waals surface area contributed by atoms with Gasteiger partial charge in [-0.2, -0.15) is 0 Å². The molecule has 0 saturated carbocycles. The van der Waals surface area contributed by atoms with Crippen LogP contribution in [-0.2, 0) is 10.1 Å². The van der Waals surface area contributed by atoms with E-state index in [2.05, 4.69) is 109 Å². The van der Waals surface area contributed by atoms with Gasteiger partial charge in [-0.05, 0) is 74.2 Å². The molecule has 0 saturated heterocycles. The quantitative estimate of drug-likeness (QED) is 0.233. The van der Waals surface area contributed by atoms with E-state index in [1.807, 2.05) is 13.8 Å². The lowest BCUT2D eigenvalue weighted by atomic mass is 9.69. The summed E-state index contributed by atoms with van der Waals surface area (Å²) < 4.78 is 8.36. The van der Waals surface area contributed by atoms with Crippen molar-refractivity contribution in [2.24, 2.45) is 0 Å². The number of hydrogen-bond donors (Lipinski definition) is 1. The predicted molar refractivity (Wildman–Crippen MR) is 170 cm³/mol. The molecule has 203 valence electrons. The molecule has 0 bridgehead atoms. The van der Waals surface area contributed by atoms with E-state index in [9.17, 15) is 5.11 Å². The van der Waals surface area contributed by atoms with Gasteiger partial charge in [0.05, 0.1) is 27.8 Å². The molecule has 4 nitrogen and oxygen atoms in total. The van der Waals surface area contributed by atoms with Gasteiger partial charge in [0.1, 0.15) is 5.82 Å². The molecule has 0 unspecified atom stereocenters. The summed E-state index contributed by atoms with van der Waals surface area (Å²) in [5.41, 5.74) is 7.48. The fourth-order valence-corrected chi connectivity index (χ4v) is 6.20. The Balaban J connectivity index is 1.44. The molecule has 1 radical (unpaired) electrons. The topological polar surface area (TPSA) is 47.3 Å². The maximum atomic E-state index is 10.5. The van der Waals surface area contributed by atoms with Crippen molar-refractivity contribution in [2.75, 3.05) is 0 Å². The molecule has 0 atom stereocenters. The molecule has 1 aliphatic carbocycles. The van der Waals surface area contributed by atoms with E-state index in [0.717, 1.165) is 38.6 Å². The van der Waals surface area contributed by atoms with Crippen molar-refractivity contribution in [3.05, 3.63) is 102 Å². The molecule has 0 amide bonds. The molecule has 2 aromatic heterocycles. The first-order chi connectivity index (χ1) is 19.5. The molecule has 0 aliphatic heterocycles. The number of hydrogen-bond acceptors (Lipinski definition) is 3. The van der Waals surface area contributed by atoms with Crippen molar-refractivity contribution in [2.45, 2.75) is 58.2 Å². The summed E-state index contributed by atoms with van der Waals surface area (Å²) in [7, 11) is 1.75. The van der Waals surface area contributed by atoms with Crippen molar-refractivity contribution in [1.29, 1.82) is 0 Å². The molecule has 2 heterocycles. The van der Waals surface area contributed by atoms with Gasteiger partial charge < -0.3 is 9.76 Å². The third-order valence-electron chi connectivity index (χ3n) is 9.27. The van der Waals surface area contributed by atoms with Crippen LogP contribution in [0.15, 0.2) is 91.0 Å². The highest BCUT2D eigenvalue weighted by Crippen LogP contribution is 2.48. The fraction of sp³-hybridized carbons (Fsp3) is 0.250. The minimum atomic E-state index is -0.987. The second-order valence-electron chi connectivity index (χ2n) is 12.8. The SMILES string of the molecule is CC1(C)c2ccccc2-c2cc(-n3c4ccccc4c4cc([B]OC(C)(C)C(C)(C)O)ccc43)nc3cccc1c23. The molecule has 5 heteroatoms. The highest BCUT2D eigenvalue weighted by molar-refractivity contribution is 6.47. The average Bonchev–Trinajstić information content (AvgIpc) is 3.28. The van der Waals surface area contributed by atoms with Crippen LogP contribution in [0.1, 0.15) is 52.7 Å². The normalized spacial score (nSPS) is 14.5. The summed E-state index contributed by atoms with van der Waals surface area (Å²) >= 11 is 0. The molecule has 0 spiro atoms. The van der Waals surface area contributed by atoms with Crippen molar-refractivity contribution in [1.82, 2.24) is 9.55 Å². The molecular formula is C36H34BN2O2. The largest absolute Gasteiger partial charge is 0.427 e. The standard InChI is InChI=1S/C36H34BN2O2/c1-34(2)27-14-9-7-12-23(27)26-21-32(38-29-16-11-15-28(34)33(26)29)39-30-17-10-8-13-24(30)25-20-22(18-19-31(25)39)37-41-36(5,6)35(3,4)40/h7-21,40H,1-6H3. The van der Waals surface area contributed by atoms with Crippen LogP contribution < -0.4 is 5.46 Å². The Morgan fingerprint density at radius 2 is 1.46 bits per heavy atom. The number of aromatic nitrogens is 2. The fourth-order valence-electron chi connectivity index (χ4n) is 6.20. The van der Waals surface area contributed by atoms with Crippen molar-refractivity contribution < 1.29 is 9.76 Å². The predicted octanol–water partition coefficient (Wildman–Crippen LogP) is 7.45. The van der Waals surface area contributed by atoms with Gasteiger partial charge >= 0.3 is 7.48 Å². The van der Waals surface area contributed by atoms with Crippen LogP contribution in [0, 0.1) is 0 Å². The molecule has 4 aromatic carbocycles. The van der Waals surface area contributed by atoms with Crippen molar-refractivity contribution in [3.8, 4) is 16.9 Å². The third kappa shape index (κ3) is 3.87. The van der Waals surface area contributed by atoms with E-state index in [0.29, 0.717) is 0 Å². The summed E-state index contributed by atoms with van der Waals surface area (Å²) in [6.07, 6.45) is 0. The summed E-state index contributed by atoms with van der Waals surface area (Å²) in [6, 6.07) is 32.4. The van der Waals surface area contributed by atoms with E-state index in [1.54, 1.807) is 21.3 Å². The Morgan fingerprint density at radius 1 is 0.756 bits per heavy atom. The lowest BCUT2D eigenvalue weighted by Gasteiger charge is -2.37. The zero-order chi connectivity index (χ0) is 28.7. The summed E-state index contributed by atoms with van der Waals surface area (Å²) in [4.78, 5) is 5.28. The van der Waals surface area contributed by atoms with Gasteiger partial charge in [-0.3, -0.25) is 4.57 Å². The monoisotopic (exact) mass is 537 g/mol. The highest BCUT2D eigenvalue weighted by Gasteiger charge is 2.36. The Morgan fingerprint density at radius 3 is 2.27 bits per heavy atom. The summed E-state index contributed by atoms with van der Waals surface area (Å²) in [6.45, 7) is 12.0. The Labute approximate surface area is 241 Å². The van der Waals surface area contributed by atoms with Crippen LogP contribution >= 0.6 is 0 Å². The number of rotatable bonds is 5. The molecule has 7 rings (SSSR count). The highest BCUT2D eigenvalue weighted by atomic mass is 16.5. The number of nitrogens with zero attached hydrogens (tertiary/aromatic N) is 2. The molecule has 41 heavy (non-hydrogen) atoms. The van der Waals surface area contributed by atoms with E-state index in [4.69, 9.17) is 9.64 Å². The van der Waals surface area contributed by atoms with Crippen molar-refractivity contribution >= 4 is 45.7 Å². The van der Waals surface area contributed by atoms with Crippen molar-refractivity contribution in [3.63, 3.8) is 0 Å². The molecule has 6 aromatic rings. The third-order valence-corrected chi connectivity index (χ3v) is 9.27. The smallest absolute Gasteiger partial charge is 0.330 e. The number of aliphatic hydroxyl groups is 1. The Kier molecular flexibility index (Phi) is 5.57. The van der Waals surface area contributed by atoms with E-state index >= 15 is 0 Å². The van der Waals surface area contributed by atoms with Gasteiger partial charge in [0.25, 0.3) is 0 Å². The number of para-hydroxylation sites is 1. The maximum Gasteiger partial charge on any atom is 0.330 e. The van der Waals surface area contributed by atoms with Crippen LogP contribution in [-0.4, -0.2) is 33.3 Å². The first kappa shape index (κ1) is 26.0. The Hall–Kier alpha value is -3.93. The van der Waals surface area contributed by atoms with Gasteiger partial charge in [-0.1, -0.05) is 86.0 Å². The molecule has 1 aliphatic rings. The first-order valence-corrected chi connectivity index (χ1v) is 14.3. The lowest BCUT2D eigenvalue weighted by Crippen LogP contribution is -2.49. The van der Waals surface area contributed by atoms with E-state index < -0.39 is 11.2 Å². The first-order valence-electron chi connectivity index (χ1n) is 14.3. The number of fused-ring (bicyclic) bond motifs is 5. The van der Waals surface area contributed by atoms with Gasteiger partial charge in [0, 0.05) is 21.6 Å². The van der Waals surface area contributed by atoms with E-state index in [-0.39, 0.29) is 5.41 Å². The van der Waals surface area contributed by atoms with Crippen LogP contribution in [0.2, 0.25) is 0 Å². The van der Waals surface area contributed by atoms with Gasteiger partial charge in [-0.15, -0.1) is 0 Å². The number of benzene rings is 4.